The van der Waals surface area contributed by atoms with Gasteiger partial charge in [0.1, 0.15) is 0 Å². The van der Waals surface area contributed by atoms with Gasteiger partial charge in [-0.15, -0.1) is 0 Å². The van der Waals surface area contributed by atoms with Gasteiger partial charge in [0, 0.05) is 12.7 Å². The van der Waals surface area contributed by atoms with Crippen molar-refractivity contribution in [2.45, 2.75) is 25.2 Å². The summed E-state index contributed by atoms with van der Waals surface area (Å²) in [7, 11) is -2.78. The number of nitrogens with zero attached hydrogens (tertiary/aromatic N) is 1. The molecule has 18 heavy (non-hydrogen) atoms. The van der Waals surface area contributed by atoms with Crippen LogP contribution in [0.1, 0.15) is 11.1 Å². The number of nitrogen functional groups attached to an aromatic ring is 1. The summed E-state index contributed by atoms with van der Waals surface area (Å²) in [5.41, 5.74) is 6.95. The molecule has 0 saturated carbocycles. The van der Waals surface area contributed by atoms with Crippen LogP contribution in [0.2, 0.25) is 0 Å². The maximum Gasteiger partial charge on any atom is 0.252 e. The molecule has 4 nitrogen and oxygen atoms in total. The first-order valence-electron chi connectivity index (χ1n) is 5.27. The third-order valence-electron chi connectivity index (χ3n) is 2.55. The van der Waals surface area contributed by atoms with Gasteiger partial charge in [0.25, 0.3) is 6.43 Å². The number of nitrogens with two attached hydrogens (primary N) is 1. The number of alkyl halides is 2. The van der Waals surface area contributed by atoms with E-state index in [2.05, 4.69) is 0 Å². The van der Waals surface area contributed by atoms with Crippen molar-refractivity contribution in [3.63, 3.8) is 0 Å². The van der Waals surface area contributed by atoms with Crippen molar-refractivity contribution >= 4 is 15.7 Å². The number of halogens is 2. The lowest BCUT2D eigenvalue weighted by Gasteiger charge is -2.20. The van der Waals surface area contributed by atoms with E-state index in [1.807, 2.05) is 0 Å². The Balaban J connectivity index is 3.29. The first-order chi connectivity index (χ1) is 8.16. The molecule has 0 amide bonds. The van der Waals surface area contributed by atoms with Crippen molar-refractivity contribution in [1.82, 2.24) is 4.31 Å². The molecule has 1 aromatic carbocycles. The average Bonchev–Trinajstić information content (AvgIpc) is 2.13. The van der Waals surface area contributed by atoms with Crippen LogP contribution >= 0.6 is 0 Å². The second-order valence-corrected chi connectivity index (χ2v) is 6.14. The lowest BCUT2D eigenvalue weighted by atomic mass is 10.1. The van der Waals surface area contributed by atoms with Crippen LogP contribution in [0, 0.1) is 13.8 Å². The molecule has 0 atom stereocenters. The fraction of sp³-hybridized carbons (Fsp3) is 0.455. The van der Waals surface area contributed by atoms with E-state index >= 15 is 0 Å². The van der Waals surface area contributed by atoms with Gasteiger partial charge < -0.3 is 5.73 Å². The summed E-state index contributed by atoms with van der Waals surface area (Å²) < 4.78 is 49.5. The summed E-state index contributed by atoms with van der Waals surface area (Å²) in [5.74, 6) is 0. The summed E-state index contributed by atoms with van der Waals surface area (Å²) in [4.78, 5) is 0.0415. The third-order valence-corrected chi connectivity index (χ3v) is 4.68. The van der Waals surface area contributed by atoms with Crippen molar-refractivity contribution < 1.29 is 17.2 Å². The van der Waals surface area contributed by atoms with E-state index in [0.717, 1.165) is 7.05 Å². The van der Waals surface area contributed by atoms with Gasteiger partial charge in [-0.25, -0.2) is 17.2 Å². The molecular formula is C11H16F2N2O2S. The number of anilines is 1. The van der Waals surface area contributed by atoms with Crippen molar-refractivity contribution in [3.05, 3.63) is 23.3 Å². The normalized spacial score (nSPS) is 12.4. The average molecular weight is 278 g/mol. The van der Waals surface area contributed by atoms with Crippen molar-refractivity contribution in [3.8, 4) is 0 Å². The second-order valence-electron chi connectivity index (χ2n) is 4.16. The molecule has 0 bridgehead atoms. The molecule has 0 heterocycles. The quantitative estimate of drug-likeness (QED) is 0.854. The summed E-state index contributed by atoms with van der Waals surface area (Å²) >= 11 is 0. The topological polar surface area (TPSA) is 63.4 Å². The van der Waals surface area contributed by atoms with Gasteiger partial charge in [-0.2, -0.15) is 4.31 Å². The highest BCUT2D eigenvalue weighted by molar-refractivity contribution is 7.89. The maximum atomic E-state index is 12.3. The van der Waals surface area contributed by atoms with Gasteiger partial charge in [-0.3, -0.25) is 0 Å². The highest BCUT2D eigenvalue weighted by Gasteiger charge is 2.26. The summed E-state index contributed by atoms with van der Waals surface area (Å²) in [5, 5.41) is 0. The largest absolute Gasteiger partial charge is 0.399 e. The molecule has 0 unspecified atom stereocenters. The third kappa shape index (κ3) is 2.97. The molecule has 102 valence electrons. The monoisotopic (exact) mass is 278 g/mol. The van der Waals surface area contributed by atoms with Gasteiger partial charge in [0.15, 0.2) is 0 Å². The number of sulfonamides is 1. The van der Waals surface area contributed by atoms with Crippen molar-refractivity contribution in [2.75, 3.05) is 19.3 Å². The minimum atomic E-state index is -3.91. The predicted molar refractivity (Wildman–Crippen MR) is 66.1 cm³/mol. The Bertz CT molecular complexity index is 521. The van der Waals surface area contributed by atoms with E-state index in [-0.39, 0.29) is 4.90 Å². The minimum Gasteiger partial charge on any atom is -0.399 e. The van der Waals surface area contributed by atoms with Crippen LogP contribution in [0.25, 0.3) is 0 Å². The Labute approximate surface area is 105 Å². The van der Waals surface area contributed by atoms with E-state index in [9.17, 15) is 17.2 Å². The molecule has 0 radical (unpaired) electrons. The SMILES string of the molecule is Cc1cc(N)cc(C)c1S(=O)(=O)N(C)CC(F)F. The van der Waals surface area contributed by atoms with Crippen LogP contribution in [-0.2, 0) is 10.0 Å². The standard InChI is InChI=1S/C11H16F2N2O2S/c1-7-4-9(14)5-8(2)11(7)18(16,17)15(3)6-10(12)13/h4-5,10H,6,14H2,1-3H3. The first kappa shape index (κ1) is 14.8. The van der Waals surface area contributed by atoms with E-state index < -0.39 is 23.0 Å². The molecule has 0 aliphatic carbocycles. The van der Waals surface area contributed by atoms with Crippen LogP contribution in [0.4, 0.5) is 14.5 Å². The number of benzene rings is 1. The Morgan fingerprint density at radius 1 is 1.28 bits per heavy atom. The molecule has 1 aromatic rings. The van der Waals surface area contributed by atoms with Gasteiger partial charge in [0.2, 0.25) is 10.0 Å². The molecular weight excluding hydrogens is 262 g/mol. The zero-order valence-corrected chi connectivity index (χ0v) is 11.3. The highest BCUT2D eigenvalue weighted by atomic mass is 32.2. The van der Waals surface area contributed by atoms with Crippen molar-refractivity contribution in [2.24, 2.45) is 0 Å². The van der Waals surface area contributed by atoms with E-state index in [0.29, 0.717) is 21.1 Å². The van der Waals surface area contributed by atoms with Gasteiger partial charge in [-0.1, -0.05) is 0 Å². The van der Waals surface area contributed by atoms with Crippen LogP contribution in [-0.4, -0.2) is 32.7 Å². The molecule has 1 rings (SSSR count). The molecule has 0 aliphatic heterocycles. The molecule has 0 aliphatic rings. The molecule has 0 aromatic heterocycles. The van der Waals surface area contributed by atoms with Gasteiger partial charge in [-0.05, 0) is 37.1 Å². The Morgan fingerprint density at radius 2 is 1.72 bits per heavy atom. The summed E-state index contributed by atoms with van der Waals surface area (Å²) in [6.07, 6.45) is -2.71. The Kier molecular flexibility index (Phi) is 4.28. The maximum absolute atomic E-state index is 12.3. The zero-order valence-electron chi connectivity index (χ0n) is 10.4. The van der Waals surface area contributed by atoms with E-state index in [1.54, 1.807) is 13.8 Å². The van der Waals surface area contributed by atoms with Gasteiger partial charge in [0.05, 0.1) is 11.4 Å². The van der Waals surface area contributed by atoms with E-state index in [4.69, 9.17) is 5.73 Å². The van der Waals surface area contributed by atoms with Crippen molar-refractivity contribution in [1.29, 1.82) is 0 Å². The Morgan fingerprint density at radius 3 is 2.11 bits per heavy atom. The molecule has 0 saturated heterocycles. The summed E-state index contributed by atoms with van der Waals surface area (Å²) in [6, 6.07) is 3.02. The number of hydrogen-bond acceptors (Lipinski definition) is 3. The smallest absolute Gasteiger partial charge is 0.252 e. The molecule has 0 fully saturated rings. The Hall–Kier alpha value is -1.21. The highest BCUT2D eigenvalue weighted by Crippen LogP contribution is 2.25. The minimum absolute atomic E-state index is 0.0415. The lowest BCUT2D eigenvalue weighted by Crippen LogP contribution is -2.32. The van der Waals surface area contributed by atoms with Crippen LogP contribution in [0.3, 0.4) is 0 Å². The number of aryl methyl sites for hydroxylation is 2. The fourth-order valence-corrected chi connectivity index (χ4v) is 3.39. The zero-order chi connectivity index (χ0) is 14.1. The fourth-order valence-electron chi connectivity index (χ4n) is 1.84. The number of rotatable bonds is 4. The van der Waals surface area contributed by atoms with E-state index in [1.165, 1.54) is 12.1 Å². The van der Waals surface area contributed by atoms with Crippen LogP contribution in [0.5, 0.6) is 0 Å². The molecule has 0 spiro atoms. The molecule has 2 N–H and O–H groups in total. The van der Waals surface area contributed by atoms with Crippen LogP contribution < -0.4 is 5.73 Å². The lowest BCUT2D eigenvalue weighted by molar-refractivity contribution is 0.126. The second kappa shape index (κ2) is 5.19. The predicted octanol–water partition coefficient (Wildman–Crippen LogP) is 1.77. The number of hydrogen-bond donors (Lipinski definition) is 1. The summed E-state index contributed by atoms with van der Waals surface area (Å²) in [6.45, 7) is 2.35. The van der Waals surface area contributed by atoms with Crippen LogP contribution in [0.15, 0.2) is 17.0 Å². The van der Waals surface area contributed by atoms with Gasteiger partial charge >= 0.3 is 0 Å². The first-order valence-corrected chi connectivity index (χ1v) is 6.71. The molecule has 7 heteroatoms.